The van der Waals surface area contributed by atoms with Crippen LogP contribution in [0.1, 0.15) is 65.2 Å². The van der Waals surface area contributed by atoms with Gasteiger partial charge in [0, 0.05) is 0 Å². The van der Waals surface area contributed by atoms with E-state index in [9.17, 15) is 4.79 Å². The summed E-state index contributed by atoms with van der Waals surface area (Å²) in [5.74, 6) is 0.0212. The minimum atomic E-state index is -0.192. The van der Waals surface area contributed by atoms with Gasteiger partial charge in [0.1, 0.15) is 6.61 Å². The van der Waals surface area contributed by atoms with Gasteiger partial charge in [-0.2, -0.15) is 0 Å². The molecule has 0 spiro atoms. The fourth-order valence-corrected chi connectivity index (χ4v) is 3.26. The minimum absolute atomic E-state index is 0.0212. The van der Waals surface area contributed by atoms with Gasteiger partial charge in [0.25, 0.3) is 0 Å². The van der Waals surface area contributed by atoms with E-state index in [2.05, 4.69) is 13.8 Å². The van der Waals surface area contributed by atoms with Crippen molar-refractivity contribution in [1.82, 2.24) is 0 Å². The number of carbonyl (C=O) groups is 1. The zero-order chi connectivity index (χ0) is 13.0. The Morgan fingerprint density at radius 2 is 2.00 bits per heavy atom. The van der Waals surface area contributed by atoms with Crippen LogP contribution >= 0.6 is 0 Å². The van der Waals surface area contributed by atoms with Crippen molar-refractivity contribution in [2.24, 2.45) is 5.41 Å². The lowest BCUT2D eigenvalue weighted by Crippen LogP contribution is -2.36. The summed E-state index contributed by atoms with van der Waals surface area (Å²) in [4.78, 5) is 12.3. The van der Waals surface area contributed by atoms with Crippen LogP contribution in [0.5, 0.6) is 0 Å². The third-order valence-electron chi connectivity index (χ3n) is 4.64. The Balaban J connectivity index is 1.82. The van der Waals surface area contributed by atoms with Crippen LogP contribution in [-0.4, -0.2) is 24.8 Å². The molecule has 1 aliphatic heterocycles. The molecule has 104 valence electrons. The van der Waals surface area contributed by atoms with Crippen molar-refractivity contribution in [3.8, 4) is 0 Å². The molecule has 0 N–H and O–H groups in total. The summed E-state index contributed by atoms with van der Waals surface area (Å²) in [7, 11) is 0. The van der Waals surface area contributed by atoms with Crippen LogP contribution in [0.3, 0.4) is 0 Å². The normalized spacial score (nSPS) is 31.2. The summed E-state index contributed by atoms with van der Waals surface area (Å²) in [5.41, 5.74) is -0.192. The molecule has 0 aromatic carbocycles. The minimum Gasteiger partial charge on any atom is -0.463 e. The Morgan fingerprint density at radius 1 is 1.28 bits per heavy atom. The van der Waals surface area contributed by atoms with Gasteiger partial charge in [0.15, 0.2) is 0 Å². The Morgan fingerprint density at radius 3 is 2.56 bits per heavy atom. The van der Waals surface area contributed by atoms with Crippen molar-refractivity contribution >= 4 is 5.97 Å². The number of esters is 1. The molecule has 2 aliphatic rings. The average Bonchev–Trinajstić information content (AvgIpc) is 2.82. The van der Waals surface area contributed by atoms with Crippen LogP contribution in [0.15, 0.2) is 0 Å². The first-order valence-corrected chi connectivity index (χ1v) is 7.49. The molecule has 0 bridgehead atoms. The molecule has 2 rings (SSSR count). The first-order valence-electron chi connectivity index (χ1n) is 7.49. The Kier molecular flexibility index (Phi) is 4.66. The predicted octanol–water partition coefficient (Wildman–Crippen LogP) is 3.46. The van der Waals surface area contributed by atoms with Crippen molar-refractivity contribution < 1.29 is 14.3 Å². The number of hydrogen-bond donors (Lipinski definition) is 0. The smallest absolute Gasteiger partial charge is 0.312 e. The highest BCUT2D eigenvalue weighted by Gasteiger charge is 2.39. The quantitative estimate of drug-likeness (QED) is 0.721. The monoisotopic (exact) mass is 254 g/mol. The third-order valence-corrected chi connectivity index (χ3v) is 4.64. The molecule has 0 aromatic rings. The third kappa shape index (κ3) is 3.05. The van der Waals surface area contributed by atoms with Crippen LogP contribution in [-0.2, 0) is 14.3 Å². The summed E-state index contributed by atoms with van der Waals surface area (Å²) in [6, 6.07) is 0. The SMILES string of the molecule is CCC1(C(=O)OCC2CCC(C)O2)CCCCC1. The average molecular weight is 254 g/mol. The van der Waals surface area contributed by atoms with E-state index in [1.54, 1.807) is 0 Å². The molecular weight excluding hydrogens is 228 g/mol. The maximum absolute atomic E-state index is 12.3. The largest absolute Gasteiger partial charge is 0.463 e. The lowest BCUT2D eigenvalue weighted by molar-refractivity contribution is -0.162. The summed E-state index contributed by atoms with van der Waals surface area (Å²) in [5, 5.41) is 0. The summed E-state index contributed by atoms with van der Waals surface area (Å²) < 4.78 is 11.2. The van der Waals surface area contributed by atoms with Gasteiger partial charge >= 0.3 is 5.97 Å². The molecule has 2 atom stereocenters. The fraction of sp³-hybridized carbons (Fsp3) is 0.933. The van der Waals surface area contributed by atoms with Gasteiger partial charge in [-0.1, -0.05) is 26.2 Å². The number of carbonyl (C=O) groups excluding carboxylic acids is 1. The van der Waals surface area contributed by atoms with Gasteiger partial charge in [-0.05, 0) is 39.0 Å². The molecule has 1 aliphatic carbocycles. The topological polar surface area (TPSA) is 35.5 Å². The van der Waals surface area contributed by atoms with Crippen LogP contribution in [0.4, 0.5) is 0 Å². The summed E-state index contributed by atoms with van der Waals surface area (Å²) in [6.45, 7) is 4.64. The van der Waals surface area contributed by atoms with Crippen molar-refractivity contribution in [2.45, 2.75) is 77.4 Å². The number of ether oxygens (including phenoxy) is 2. The van der Waals surface area contributed by atoms with Crippen LogP contribution in [0.2, 0.25) is 0 Å². The lowest BCUT2D eigenvalue weighted by atomic mass is 9.72. The first-order chi connectivity index (χ1) is 8.66. The molecule has 1 saturated heterocycles. The highest BCUT2D eigenvalue weighted by Crippen LogP contribution is 2.40. The van der Waals surface area contributed by atoms with Gasteiger partial charge in [-0.3, -0.25) is 4.79 Å². The van der Waals surface area contributed by atoms with Crippen molar-refractivity contribution in [3.05, 3.63) is 0 Å². The van der Waals surface area contributed by atoms with Crippen LogP contribution < -0.4 is 0 Å². The Labute approximate surface area is 110 Å². The van der Waals surface area contributed by atoms with E-state index in [0.29, 0.717) is 12.7 Å². The second-order valence-corrected chi connectivity index (χ2v) is 5.94. The molecular formula is C15H26O3. The zero-order valence-electron chi connectivity index (χ0n) is 11.7. The highest BCUT2D eigenvalue weighted by molar-refractivity contribution is 5.76. The Hall–Kier alpha value is -0.570. The molecule has 3 heteroatoms. The molecule has 3 nitrogen and oxygen atoms in total. The lowest BCUT2D eigenvalue weighted by Gasteiger charge is -2.34. The second-order valence-electron chi connectivity index (χ2n) is 5.94. The summed E-state index contributed by atoms with van der Waals surface area (Å²) in [6.07, 6.45) is 9.07. The molecule has 1 saturated carbocycles. The van der Waals surface area contributed by atoms with E-state index >= 15 is 0 Å². The van der Waals surface area contributed by atoms with Gasteiger partial charge in [-0.25, -0.2) is 0 Å². The van der Waals surface area contributed by atoms with Gasteiger partial charge in [-0.15, -0.1) is 0 Å². The Bertz CT molecular complexity index is 281. The maximum atomic E-state index is 12.3. The first kappa shape index (κ1) is 13.9. The van der Waals surface area contributed by atoms with Gasteiger partial charge in [0.2, 0.25) is 0 Å². The molecule has 18 heavy (non-hydrogen) atoms. The van der Waals surface area contributed by atoms with E-state index in [1.807, 2.05) is 0 Å². The van der Waals surface area contributed by atoms with Crippen molar-refractivity contribution in [1.29, 1.82) is 0 Å². The van der Waals surface area contributed by atoms with E-state index in [1.165, 1.54) is 19.3 Å². The molecule has 2 fully saturated rings. The van der Waals surface area contributed by atoms with Crippen LogP contribution in [0.25, 0.3) is 0 Å². The molecule has 0 radical (unpaired) electrons. The predicted molar refractivity (Wildman–Crippen MR) is 70.3 cm³/mol. The fourth-order valence-electron chi connectivity index (χ4n) is 3.26. The highest BCUT2D eigenvalue weighted by atomic mass is 16.6. The molecule has 1 heterocycles. The maximum Gasteiger partial charge on any atom is 0.312 e. The zero-order valence-corrected chi connectivity index (χ0v) is 11.7. The molecule has 0 amide bonds. The van der Waals surface area contributed by atoms with E-state index in [4.69, 9.17) is 9.47 Å². The number of rotatable bonds is 4. The van der Waals surface area contributed by atoms with E-state index in [0.717, 1.165) is 32.1 Å². The van der Waals surface area contributed by atoms with Gasteiger partial charge < -0.3 is 9.47 Å². The van der Waals surface area contributed by atoms with Gasteiger partial charge in [0.05, 0.1) is 17.6 Å². The van der Waals surface area contributed by atoms with Crippen LogP contribution in [0, 0.1) is 5.41 Å². The summed E-state index contributed by atoms with van der Waals surface area (Å²) >= 11 is 0. The standard InChI is InChI=1S/C15H26O3/c1-3-15(9-5-4-6-10-15)14(16)17-11-13-8-7-12(2)18-13/h12-13H,3-11H2,1-2H3. The van der Waals surface area contributed by atoms with Crippen molar-refractivity contribution in [2.75, 3.05) is 6.61 Å². The van der Waals surface area contributed by atoms with Crippen molar-refractivity contribution in [3.63, 3.8) is 0 Å². The number of hydrogen-bond acceptors (Lipinski definition) is 3. The second kappa shape index (κ2) is 6.05. The molecule has 0 aromatic heterocycles. The van der Waals surface area contributed by atoms with E-state index in [-0.39, 0.29) is 17.5 Å². The van der Waals surface area contributed by atoms with E-state index < -0.39 is 0 Å². The molecule has 2 unspecified atom stereocenters.